The Morgan fingerprint density at radius 1 is 1.11 bits per heavy atom. The van der Waals surface area contributed by atoms with Crippen molar-refractivity contribution in [1.82, 2.24) is 9.55 Å². The summed E-state index contributed by atoms with van der Waals surface area (Å²) in [5.74, 6) is 0.134. The molecule has 0 saturated heterocycles. The van der Waals surface area contributed by atoms with Gasteiger partial charge in [-0.05, 0) is 65.1 Å². The number of imidazole rings is 1. The highest BCUT2D eigenvalue weighted by Crippen LogP contribution is 2.24. The lowest BCUT2D eigenvalue weighted by Crippen LogP contribution is -2.00. The topological polar surface area (TPSA) is 43.8 Å². The summed E-state index contributed by atoms with van der Waals surface area (Å²) < 4.78 is 15.8. The van der Waals surface area contributed by atoms with Gasteiger partial charge in [0, 0.05) is 9.26 Å². The number of benzene rings is 2. The molecule has 0 saturated carbocycles. The van der Waals surface area contributed by atoms with Crippen molar-refractivity contribution in [1.29, 1.82) is 0 Å². The fraction of sp³-hybridized carbons (Fsp3) is 0. The van der Waals surface area contributed by atoms with Crippen LogP contribution in [0.1, 0.15) is 0 Å². The fourth-order valence-corrected chi connectivity index (χ4v) is 2.41. The van der Waals surface area contributed by atoms with Crippen molar-refractivity contribution in [3.05, 3.63) is 51.9 Å². The first-order valence-corrected chi connectivity index (χ1v) is 6.42. The summed E-state index contributed by atoms with van der Waals surface area (Å²) >= 11 is 2.23. The van der Waals surface area contributed by atoms with Crippen molar-refractivity contribution in [2.24, 2.45) is 0 Å². The van der Waals surface area contributed by atoms with Gasteiger partial charge in [0.15, 0.2) is 0 Å². The molecule has 2 aromatic carbocycles. The minimum absolute atomic E-state index is 0.267. The molecule has 3 aromatic rings. The SMILES string of the molecule is Nc1nc2cc(I)ccc2n1-c1ccc(F)cc1. The maximum Gasteiger partial charge on any atom is 0.205 e. The Bertz CT molecular complexity index is 719. The van der Waals surface area contributed by atoms with Gasteiger partial charge < -0.3 is 5.73 Å². The molecule has 0 unspecified atom stereocenters. The van der Waals surface area contributed by atoms with Gasteiger partial charge in [-0.3, -0.25) is 4.57 Å². The van der Waals surface area contributed by atoms with Crippen molar-refractivity contribution >= 4 is 39.6 Å². The first kappa shape index (κ1) is 11.5. The zero-order chi connectivity index (χ0) is 12.7. The third kappa shape index (κ3) is 1.84. The van der Waals surface area contributed by atoms with Crippen molar-refractivity contribution < 1.29 is 4.39 Å². The van der Waals surface area contributed by atoms with Crippen LogP contribution in [0.15, 0.2) is 42.5 Å². The third-order valence-electron chi connectivity index (χ3n) is 2.73. The fourth-order valence-electron chi connectivity index (χ4n) is 1.93. The Hall–Kier alpha value is -1.63. The minimum Gasteiger partial charge on any atom is -0.369 e. The number of fused-ring (bicyclic) bond motifs is 1. The second-order valence-corrected chi connectivity index (χ2v) is 5.16. The lowest BCUT2D eigenvalue weighted by atomic mass is 10.3. The predicted molar refractivity (Wildman–Crippen MR) is 78.2 cm³/mol. The van der Waals surface area contributed by atoms with E-state index in [0.717, 1.165) is 20.3 Å². The van der Waals surface area contributed by atoms with E-state index < -0.39 is 0 Å². The van der Waals surface area contributed by atoms with E-state index in [1.54, 1.807) is 12.1 Å². The quantitative estimate of drug-likeness (QED) is 0.682. The van der Waals surface area contributed by atoms with Crippen LogP contribution in [0.3, 0.4) is 0 Å². The zero-order valence-electron chi connectivity index (χ0n) is 9.27. The van der Waals surface area contributed by atoms with Gasteiger partial charge in [0.2, 0.25) is 5.95 Å². The number of hydrogen-bond donors (Lipinski definition) is 1. The van der Waals surface area contributed by atoms with Gasteiger partial charge in [-0.2, -0.15) is 0 Å². The van der Waals surface area contributed by atoms with Crippen LogP contribution in [0.4, 0.5) is 10.3 Å². The Labute approximate surface area is 117 Å². The number of aromatic nitrogens is 2. The van der Waals surface area contributed by atoms with E-state index in [4.69, 9.17) is 5.73 Å². The van der Waals surface area contributed by atoms with Gasteiger partial charge in [0.25, 0.3) is 0 Å². The van der Waals surface area contributed by atoms with Gasteiger partial charge in [-0.1, -0.05) is 0 Å². The summed E-state index contributed by atoms with van der Waals surface area (Å²) in [4.78, 5) is 4.31. The molecule has 0 atom stereocenters. The Kier molecular flexibility index (Phi) is 2.70. The molecule has 0 bridgehead atoms. The van der Waals surface area contributed by atoms with E-state index >= 15 is 0 Å². The van der Waals surface area contributed by atoms with Crippen LogP contribution in [-0.2, 0) is 0 Å². The van der Waals surface area contributed by atoms with Gasteiger partial charge in [-0.15, -0.1) is 0 Å². The van der Waals surface area contributed by atoms with Gasteiger partial charge in [0.1, 0.15) is 5.82 Å². The number of nitrogens with two attached hydrogens (primary N) is 1. The van der Waals surface area contributed by atoms with E-state index in [1.807, 2.05) is 22.8 Å². The number of nitrogens with zero attached hydrogens (tertiary/aromatic N) is 2. The van der Waals surface area contributed by atoms with Crippen LogP contribution >= 0.6 is 22.6 Å². The lowest BCUT2D eigenvalue weighted by molar-refractivity contribution is 0.627. The Balaban J connectivity index is 2.28. The molecule has 0 fully saturated rings. The average Bonchev–Trinajstić information content (AvgIpc) is 2.65. The number of rotatable bonds is 1. The van der Waals surface area contributed by atoms with E-state index in [1.165, 1.54) is 12.1 Å². The third-order valence-corrected chi connectivity index (χ3v) is 3.40. The van der Waals surface area contributed by atoms with Crippen LogP contribution < -0.4 is 5.73 Å². The number of anilines is 1. The molecule has 0 radical (unpaired) electrons. The minimum atomic E-state index is -0.267. The van der Waals surface area contributed by atoms with Crippen molar-refractivity contribution in [2.45, 2.75) is 0 Å². The van der Waals surface area contributed by atoms with Crippen LogP contribution in [0, 0.1) is 9.39 Å². The molecule has 0 spiro atoms. The summed E-state index contributed by atoms with van der Waals surface area (Å²) in [6.07, 6.45) is 0. The van der Waals surface area contributed by atoms with Crippen LogP contribution in [0.2, 0.25) is 0 Å². The molecule has 0 aliphatic rings. The predicted octanol–water partition coefficient (Wildman–Crippen LogP) is 3.35. The van der Waals surface area contributed by atoms with E-state index in [9.17, 15) is 4.39 Å². The molecule has 0 amide bonds. The van der Waals surface area contributed by atoms with Crippen LogP contribution in [-0.4, -0.2) is 9.55 Å². The summed E-state index contributed by atoms with van der Waals surface area (Å²) in [5.41, 5.74) is 8.49. The smallest absolute Gasteiger partial charge is 0.205 e. The average molecular weight is 353 g/mol. The molecular weight excluding hydrogens is 344 g/mol. The summed E-state index contributed by atoms with van der Waals surface area (Å²) in [6.45, 7) is 0. The molecule has 90 valence electrons. The lowest BCUT2D eigenvalue weighted by Gasteiger charge is -2.06. The Morgan fingerprint density at radius 3 is 2.56 bits per heavy atom. The number of nitrogen functional groups attached to an aromatic ring is 1. The Morgan fingerprint density at radius 2 is 1.83 bits per heavy atom. The molecule has 18 heavy (non-hydrogen) atoms. The first-order chi connectivity index (χ1) is 8.65. The highest BCUT2D eigenvalue weighted by molar-refractivity contribution is 14.1. The highest BCUT2D eigenvalue weighted by atomic mass is 127. The van der Waals surface area contributed by atoms with E-state index in [2.05, 4.69) is 27.6 Å². The van der Waals surface area contributed by atoms with E-state index in [-0.39, 0.29) is 5.82 Å². The van der Waals surface area contributed by atoms with Crippen LogP contribution in [0.25, 0.3) is 16.7 Å². The van der Waals surface area contributed by atoms with Crippen LogP contribution in [0.5, 0.6) is 0 Å². The zero-order valence-corrected chi connectivity index (χ0v) is 11.4. The molecule has 2 N–H and O–H groups in total. The van der Waals surface area contributed by atoms with Gasteiger partial charge in [0.05, 0.1) is 11.0 Å². The summed E-state index contributed by atoms with van der Waals surface area (Å²) in [6, 6.07) is 12.1. The molecule has 5 heteroatoms. The van der Waals surface area contributed by atoms with Gasteiger partial charge >= 0.3 is 0 Å². The van der Waals surface area contributed by atoms with Crippen molar-refractivity contribution in [3.8, 4) is 5.69 Å². The molecule has 0 aliphatic carbocycles. The van der Waals surface area contributed by atoms with Crippen molar-refractivity contribution in [2.75, 3.05) is 5.73 Å². The second-order valence-electron chi connectivity index (χ2n) is 3.91. The molecule has 3 nitrogen and oxygen atoms in total. The molecule has 1 heterocycles. The standard InChI is InChI=1S/C13H9FIN3/c14-8-1-4-10(5-2-8)18-12-6-3-9(15)7-11(12)17-13(18)16/h1-7H,(H2,16,17). The summed E-state index contributed by atoms with van der Waals surface area (Å²) in [7, 11) is 0. The monoisotopic (exact) mass is 353 g/mol. The van der Waals surface area contributed by atoms with Crippen molar-refractivity contribution in [3.63, 3.8) is 0 Å². The maximum absolute atomic E-state index is 12.9. The maximum atomic E-state index is 12.9. The number of hydrogen-bond acceptors (Lipinski definition) is 2. The largest absolute Gasteiger partial charge is 0.369 e. The summed E-state index contributed by atoms with van der Waals surface area (Å²) in [5, 5.41) is 0. The van der Waals surface area contributed by atoms with Gasteiger partial charge in [-0.25, -0.2) is 9.37 Å². The molecule has 0 aliphatic heterocycles. The normalized spacial score (nSPS) is 11.0. The first-order valence-electron chi connectivity index (χ1n) is 5.34. The second kappa shape index (κ2) is 4.24. The highest BCUT2D eigenvalue weighted by Gasteiger charge is 2.10. The molecule has 1 aromatic heterocycles. The number of halogens is 2. The molecular formula is C13H9FIN3. The molecule has 3 rings (SSSR count). The van der Waals surface area contributed by atoms with E-state index in [0.29, 0.717) is 5.95 Å².